The molecule has 2 N–H and O–H groups in total. The molecule has 2 aromatic rings. The monoisotopic (exact) mass is 247 g/mol. The first-order valence-corrected chi connectivity index (χ1v) is 7.06. The molecule has 4 heteroatoms. The van der Waals surface area contributed by atoms with Crippen molar-refractivity contribution in [3.8, 4) is 0 Å². The molecule has 0 bridgehead atoms. The van der Waals surface area contributed by atoms with Crippen molar-refractivity contribution in [2.45, 2.75) is 25.3 Å². The fraction of sp³-hybridized carbons (Fsp3) is 0.462. The Morgan fingerprint density at radius 2 is 2.29 bits per heavy atom. The topological polar surface area (TPSA) is 37.0 Å². The average Bonchev–Trinajstić information content (AvgIpc) is 2.80. The number of piperidine rings is 1. The molecule has 2 heterocycles. The molecule has 1 atom stereocenters. The van der Waals surface area contributed by atoms with Crippen LogP contribution in [0.4, 0.5) is 5.13 Å². The number of fused-ring (bicyclic) bond motifs is 1. The molecule has 0 aliphatic carbocycles. The van der Waals surface area contributed by atoms with Crippen molar-refractivity contribution >= 4 is 26.7 Å². The van der Waals surface area contributed by atoms with E-state index in [0.717, 1.165) is 23.7 Å². The number of anilines is 1. The maximum Gasteiger partial charge on any atom is 0.183 e. The van der Waals surface area contributed by atoms with Gasteiger partial charge in [-0.05, 0) is 31.5 Å². The van der Waals surface area contributed by atoms with Crippen LogP contribution in [0.2, 0.25) is 0 Å². The van der Waals surface area contributed by atoms with E-state index in [-0.39, 0.29) is 0 Å². The van der Waals surface area contributed by atoms with Crippen molar-refractivity contribution in [3.05, 3.63) is 24.3 Å². The molecule has 1 aliphatic rings. The second kappa shape index (κ2) is 5.02. The van der Waals surface area contributed by atoms with Gasteiger partial charge in [0.1, 0.15) is 0 Å². The lowest BCUT2D eigenvalue weighted by Gasteiger charge is -2.23. The molecule has 1 aromatic carbocycles. The van der Waals surface area contributed by atoms with E-state index in [4.69, 9.17) is 0 Å². The Hall–Kier alpha value is -1.13. The van der Waals surface area contributed by atoms with Crippen LogP contribution in [-0.4, -0.2) is 24.1 Å². The minimum atomic E-state index is 0.607. The summed E-state index contributed by atoms with van der Waals surface area (Å²) in [4.78, 5) is 4.58. The molecular formula is C13H17N3S. The molecule has 1 aliphatic heterocycles. The second-order valence-electron chi connectivity index (χ2n) is 4.51. The first kappa shape index (κ1) is 11.0. The summed E-state index contributed by atoms with van der Waals surface area (Å²) in [5, 5.41) is 8.03. The van der Waals surface area contributed by atoms with Gasteiger partial charge in [0, 0.05) is 12.6 Å². The molecule has 90 valence electrons. The number of benzene rings is 1. The summed E-state index contributed by atoms with van der Waals surface area (Å²) in [7, 11) is 0. The normalized spacial score (nSPS) is 20.6. The van der Waals surface area contributed by atoms with E-state index in [1.807, 2.05) is 6.07 Å². The minimum Gasteiger partial charge on any atom is -0.360 e. The molecule has 0 unspecified atom stereocenters. The Labute approximate surface area is 105 Å². The number of hydrogen-bond acceptors (Lipinski definition) is 4. The Bertz CT molecular complexity index is 455. The van der Waals surface area contributed by atoms with E-state index < -0.39 is 0 Å². The van der Waals surface area contributed by atoms with Crippen LogP contribution in [0.15, 0.2) is 24.3 Å². The van der Waals surface area contributed by atoms with E-state index in [1.54, 1.807) is 11.3 Å². The smallest absolute Gasteiger partial charge is 0.183 e. The Kier molecular flexibility index (Phi) is 3.25. The van der Waals surface area contributed by atoms with E-state index in [9.17, 15) is 0 Å². The largest absolute Gasteiger partial charge is 0.360 e. The van der Waals surface area contributed by atoms with Crippen molar-refractivity contribution in [1.82, 2.24) is 10.3 Å². The SMILES string of the molecule is c1ccc2sc(NC[C@H]3CCCCN3)nc2c1. The fourth-order valence-corrected chi connectivity index (χ4v) is 3.13. The van der Waals surface area contributed by atoms with E-state index >= 15 is 0 Å². The van der Waals surface area contributed by atoms with Gasteiger partial charge >= 0.3 is 0 Å². The lowest BCUT2D eigenvalue weighted by molar-refractivity contribution is 0.414. The van der Waals surface area contributed by atoms with Gasteiger partial charge in [0.05, 0.1) is 10.2 Å². The van der Waals surface area contributed by atoms with Crippen LogP contribution in [0.5, 0.6) is 0 Å². The van der Waals surface area contributed by atoms with Crippen LogP contribution < -0.4 is 10.6 Å². The van der Waals surface area contributed by atoms with E-state index in [0.29, 0.717) is 6.04 Å². The van der Waals surface area contributed by atoms with E-state index in [1.165, 1.54) is 24.0 Å². The van der Waals surface area contributed by atoms with Crippen molar-refractivity contribution in [1.29, 1.82) is 0 Å². The van der Waals surface area contributed by atoms with Gasteiger partial charge in [-0.3, -0.25) is 0 Å². The zero-order valence-corrected chi connectivity index (χ0v) is 10.6. The Balaban J connectivity index is 1.64. The summed E-state index contributed by atoms with van der Waals surface area (Å²) in [5.41, 5.74) is 1.09. The Morgan fingerprint density at radius 3 is 3.12 bits per heavy atom. The van der Waals surface area contributed by atoms with Gasteiger partial charge in [-0.15, -0.1) is 0 Å². The highest BCUT2D eigenvalue weighted by Gasteiger charge is 2.12. The van der Waals surface area contributed by atoms with Crippen LogP contribution in [0.3, 0.4) is 0 Å². The van der Waals surface area contributed by atoms with Gasteiger partial charge in [0.15, 0.2) is 5.13 Å². The molecule has 3 rings (SSSR count). The average molecular weight is 247 g/mol. The molecule has 1 fully saturated rings. The van der Waals surface area contributed by atoms with E-state index in [2.05, 4.69) is 33.8 Å². The zero-order valence-electron chi connectivity index (χ0n) is 9.78. The van der Waals surface area contributed by atoms with Crippen molar-refractivity contribution < 1.29 is 0 Å². The van der Waals surface area contributed by atoms with Crippen LogP contribution in [0, 0.1) is 0 Å². The maximum atomic E-state index is 4.58. The van der Waals surface area contributed by atoms with Gasteiger partial charge < -0.3 is 10.6 Å². The van der Waals surface area contributed by atoms with Crippen LogP contribution in [0.1, 0.15) is 19.3 Å². The first-order valence-electron chi connectivity index (χ1n) is 6.25. The number of hydrogen-bond donors (Lipinski definition) is 2. The summed E-state index contributed by atoms with van der Waals surface area (Å²) in [5.74, 6) is 0. The lowest BCUT2D eigenvalue weighted by atomic mass is 10.1. The minimum absolute atomic E-state index is 0.607. The molecule has 1 saturated heterocycles. The van der Waals surface area contributed by atoms with Gasteiger partial charge in [-0.1, -0.05) is 29.9 Å². The molecular weight excluding hydrogens is 230 g/mol. The number of thiazole rings is 1. The van der Waals surface area contributed by atoms with Crippen LogP contribution >= 0.6 is 11.3 Å². The highest BCUT2D eigenvalue weighted by Crippen LogP contribution is 2.25. The molecule has 17 heavy (non-hydrogen) atoms. The molecule has 0 amide bonds. The first-order chi connectivity index (χ1) is 8.42. The number of aromatic nitrogens is 1. The summed E-state index contributed by atoms with van der Waals surface area (Å²) >= 11 is 1.74. The van der Waals surface area contributed by atoms with Gasteiger partial charge in [0.2, 0.25) is 0 Å². The zero-order chi connectivity index (χ0) is 11.5. The summed E-state index contributed by atoms with van der Waals surface area (Å²) < 4.78 is 1.26. The quantitative estimate of drug-likeness (QED) is 0.875. The standard InChI is InChI=1S/C13H17N3S/c1-2-7-12-11(6-1)16-13(17-12)15-9-10-5-3-4-8-14-10/h1-2,6-7,10,14H,3-5,8-9H2,(H,15,16)/t10-/m1/s1. The highest BCUT2D eigenvalue weighted by atomic mass is 32.1. The van der Waals surface area contributed by atoms with Crippen molar-refractivity contribution in [2.75, 3.05) is 18.4 Å². The molecule has 3 nitrogen and oxygen atoms in total. The predicted molar refractivity (Wildman–Crippen MR) is 73.8 cm³/mol. The van der Waals surface area contributed by atoms with Gasteiger partial charge in [-0.2, -0.15) is 0 Å². The maximum absolute atomic E-state index is 4.58. The number of nitrogens with one attached hydrogen (secondary N) is 2. The second-order valence-corrected chi connectivity index (χ2v) is 5.55. The molecule has 0 radical (unpaired) electrons. The number of para-hydroxylation sites is 1. The Morgan fingerprint density at radius 1 is 1.35 bits per heavy atom. The van der Waals surface area contributed by atoms with Crippen molar-refractivity contribution in [2.24, 2.45) is 0 Å². The predicted octanol–water partition coefficient (Wildman–Crippen LogP) is 2.85. The summed E-state index contributed by atoms with van der Waals surface area (Å²) in [6.07, 6.45) is 3.94. The molecule has 1 aromatic heterocycles. The number of rotatable bonds is 3. The molecule has 0 spiro atoms. The lowest BCUT2D eigenvalue weighted by Crippen LogP contribution is -2.39. The van der Waals surface area contributed by atoms with Crippen LogP contribution in [-0.2, 0) is 0 Å². The highest BCUT2D eigenvalue weighted by molar-refractivity contribution is 7.22. The third kappa shape index (κ3) is 2.58. The number of nitrogens with zero attached hydrogens (tertiary/aromatic N) is 1. The fourth-order valence-electron chi connectivity index (χ4n) is 2.26. The summed E-state index contributed by atoms with van der Waals surface area (Å²) in [6, 6.07) is 8.89. The third-order valence-corrected chi connectivity index (χ3v) is 4.20. The van der Waals surface area contributed by atoms with Crippen molar-refractivity contribution in [3.63, 3.8) is 0 Å². The summed E-state index contributed by atoms with van der Waals surface area (Å²) in [6.45, 7) is 2.14. The third-order valence-electron chi connectivity index (χ3n) is 3.21. The van der Waals surface area contributed by atoms with Gasteiger partial charge in [-0.25, -0.2) is 4.98 Å². The van der Waals surface area contributed by atoms with Gasteiger partial charge in [0.25, 0.3) is 0 Å². The molecule has 0 saturated carbocycles. The van der Waals surface area contributed by atoms with Crippen LogP contribution in [0.25, 0.3) is 10.2 Å².